The van der Waals surface area contributed by atoms with Gasteiger partial charge in [0.2, 0.25) is 0 Å². The van der Waals surface area contributed by atoms with Crippen LogP contribution in [-0.2, 0) is 4.79 Å². The van der Waals surface area contributed by atoms with E-state index < -0.39 is 11.8 Å². The molecule has 1 aliphatic carbocycles. The van der Waals surface area contributed by atoms with Crippen molar-refractivity contribution in [3.63, 3.8) is 0 Å². The molecule has 186 valence electrons. The molecule has 1 unspecified atom stereocenters. The van der Waals surface area contributed by atoms with Crippen molar-refractivity contribution in [2.24, 2.45) is 10.9 Å². The van der Waals surface area contributed by atoms with Crippen molar-refractivity contribution in [1.29, 1.82) is 0 Å². The van der Waals surface area contributed by atoms with Crippen LogP contribution in [0, 0.1) is 12.8 Å². The van der Waals surface area contributed by atoms with Gasteiger partial charge in [0, 0.05) is 30.6 Å². The Hall–Kier alpha value is -3.19. The number of aliphatic imine (C=N–C) groups is 1. The molecule has 0 spiro atoms. The number of likely N-dealkylation sites (N-methyl/N-ethyl adjacent to an activating group) is 1. The standard InChI is InChI=1S/C28H37N5O2/c1-4-17-33-25-16-9-8-14-23(25)19-29-28(26(33)34,32(3)20-22-12-6-5-7-13-22)31-27(35)30-24-15-10-11-21(2)18-24/h8-11,14-16,18-19,22H,4-7,12-13,17,20H2,1-3H3,(H2,30,31,35). The molecular formula is C28H37N5O2. The number of hydrogen-bond donors (Lipinski definition) is 2. The summed E-state index contributed by atoms with van der Waals surface area (Å²) in [7, 11) is 1.90. The summed E-state index contributed by atoms with van der Waals surface area (Å²) in [5.74, 6) is -1.31. The van der Waals surface area contributed by atoms with Gasteiger partial charge in [0.1, 0.15) is 0 Å². The molecule has 0 aromatic heterocycles. The maximum atomic E-state index is 14.3. The normalized spacial score (nSPS) is 20.5. The number of hydrogen-bond acceptors (Lipinski definition) is 4. The molecule has 7 nitrogen and oxygen atoms in total. The minimum atomic E-state index is -1.54. The lowest BCUT2D eigenvalue weighted by atomic mass is 9.88. The van der Waals surface area contributed by atoms with Gasteiger partial charge in [-0.05, 0) is 62.9 Å². The van der Waals surface area contributed by atoms with Crippen LogP contribution < -0.4 is 15.5 Å². The number of fused-ring (bicyclic) bond motifs is 1. The van der Waals surface area contributed by atoms with Gasteiger partial charge in [-0.25, -0.2) is 9.79 Å². The van der Waals surface area contributed by atoms with Crippen molar-refractivity contribution >= 4 is 29.5 Å². The van der Waals surface area contributed by atoms with Crippen LogP contribution in [-0.4, -0.2) is 49.0 Å². The molecule has 0 radical (unpaired) electrons. The Labute approximate surface area is 208 Å². The van der Waals surface area contributed by atoms with Crippen molar-refractivity contribution in [2.75, 3.05) is 30.4 Å². The number of rotatable bonds is 7. The van der Waals surface area contributed by atoms with Crippen LogP contribution in [0.3, 0.4) is 0 Å². The quantitative estimate of drug-likeness (QED) is 0.543. The number of carbonyl (C=O) groups is 2. The smallest absolute Gasteiger partial charge is 0.308 e. The van der Waals surface area contributed by atoms with Gasteiger partial charge in [-0.3, -0.25) is 15.0 Å². The molecule has 7 heteroatoms. The number of nitrogens with zero attached hydrogens (tertiary/aromatic N) is 3. The number of benzodiazepines with no additional fused rings is 1. The Morgan fingerprint density at radius 1 is 1.14 bits per heavy atom. The second kappa shape index (κ2) is 11.0. The molecule has 2 aliphatic rings. The summed E-state index contributed by atoms with van der Waals surface area (Å²) in [5.41, 5.74) is 3.39. The summed E-state index contributed by atoms with van der Waals surface area (Å²) in [5, 5.41) is 5.89. The second-order valence-corrected chi connectivity index (χ2v) is 9.78. The molecule has 0 saturated heterocycles. The number of anilines is 2. The summed E-state index contributed by atoms with van der Waals surface area (Å²) in [6, 6.07) is 14.9. The van der Waals surface area contributed by atoms with E-state index in [1.54, 1.807) is 11.1 Å². The number of benzene rings is 2. The third-order valence-corrected chi connectivity index (χ3v) is 6.98. The van der Waals surface area contributed by atoms with E-state index in [0.717, 1.165) is 36.1 Å². The zero-order valence-electron chi connectivity index (χ0n) is 21.1. The fourth-order valence-corrected chi connectivity index (χ4v) is 5.18. The molecule has 3 amide bonds. The number of aryl methyl sites for hydroxylation is 1. The van der Waals surface area contributed by atoms with Crippen LogP contribution in [0.4, 0.5) is 16.2 Å². The molecule has 35 heavy (non-hydrogen) atoms. The van der Waals surface area contributed by atoms with Gasteiger partial charge in [-0.2, -0.15) is 0 Å². The van der Waals surface area contributed by atoms with E-state index >= 15 is 0 Å². The van der Waals surface area contributed by atoms with Crippen molar-refractivity contribution < 1.29 is 9.59 Å². The molecule has 1 fully saturated rings. The molecule has 0 bridgehead atoms. The number of urea groups is 1. The van der Waals surface area contributed by atoms with E-state index in [-0.39, 0.29) is 5.91 Å². The highest BCUT2D eigenvalue weighted by Crippen LogP contribution is 2.31. The van der Waals surface area contributed by atoms with Crippen LogP contribution in [0.15, 0.2) is 53.5 Å². The highest BCUT2D eigenvalue weighted by Gasteiger charge is 2.48. The van der Waals surface area contributed by atoms with Crippen LogP contribution in [0.25, 0.3) is 0 Å². The molecule has 2 aromatic rings. The predicted molar refractivity (Wildman–Crippen MR) is 142 cm³/mol. The van der Waals surface area contributed by atoms with Crippen LogP contribution in [0.2, 0.25) is 0 Å². The SMILES string of the molecule is CCCN1C(=O)C(NC(=O)Nc2cccc(C)c2)(N(C)CC2CCCCC2)N=Cc2ccccc21. The van der Waals surface area contributed by atoms with Gasteiger partial charge in [0.25, 0.3) is 11.7 Å². The summed E-state index contributed by atoms with van der Waals surface area (Å²) in [6.45, 7) is 5.25. The Bertz CT molecular complexity index is 1080. The highest BCUT2D eigenvalue weighted by atomic mass is 16.2. The van der Waals surface area contributed by atoms with Crippen LogP contribution >= 0.6 is 0 Å². The largest absolute Gasteiger partial charge is 0.322 e. The topological polar surface area (TPSA) is 77.0 Å². The first-order chi connectivity index (χ1) is 16.9. The molecular weight excluding hydrogens is 438 g/mol. The van der Waals surface area contributed by atoms with Crippen molar-refractivity contribution in [3.8, 4) is 0 Å². The Morgan fingerprint density at radius 3 is 2.66 bits per heavy atom. The van der Waals surface area contributed by atoms with Crippen molar-refractivity contribution in [3.05, 3.63) is 59.7 Å². The van der Waals surface area contributed by atoms with E-state index in [0.29, 0.717) is 24.7 Å². The lowest BCUT2D eigenvalue weighted by Crippen LogP contribution is -2.68. The van der Waals surface area contributed by atoms with Crippen molar-refractivity contribution in [1.82, 2.24) is 10.2 Å². The molecule has 1 atom stereocenters. The summed E-state index contributed by atoms with van der Waals surface area (Å²) in [6.07, 6.45) is 8.46. The number of para-hydroxylation sites is 1. The predicted octanol–water partition coefficient (Wildman–Crippen LogP) is 5.16. The zero-order chi connectivity index (χ0) is 24.8. The minimum Gasteiger partial charge on any atom is -0.308 e. The van der Waals surface area contributed by atoms with E-state index in [2.05, 4.69) is 10.6 Å². The van der Waals surface area contributed by atoms with Gasteiger partial charge >= 0.3 is 6.03 Å². The summed E-state index contributed by atoms with van der Waals surface area (Å²) >= 11 is 0. The average Bonchev–Trinajstić information content (AvgIpc) is 2.96. The fraction of sp³-hybridized carbons (Fsp3) is 0.464. The van der Waals surface area contributed by atoms with E-state index in [1.807, 2.05) is 74.3 Å². The van der Waals surface area contributed by atoms with E-state index in [9.17, 15) is 9.59 Å². The van der Waals surface area contributed by atoms with Gasteiger partial charge in [-0.15, -0.1) is 0 Å². The summed E-state index contributed by atoms with van der Waals surface area (Å²) in [4.78, 5) is 36.1. The highest BCUT2D eigenvalue weighted by molar-refractivity contribution is 6.08. The molecule has 2 aromatic carbocycles. The summed E-state index contributed by atoms with van der Waals surface area (Å²) < 4.78 is 0. The average molecular weight is 476 g/mol. The minimum absolute atomic E-state index is 0.238. The van der Waals surface area contributed by atoms with Gasteiger partial charge in [0.15, 0.2) is 0 Å². The first-order valence-electron chi connectivity index (χ1n) is 12.8. The fourth-order valence-electron chi connectivity index (χ4n) is 5.18. The molecule has 4 rings (SSSR count). The maximum Gasteiger partial charge on any atom is 0.322 e. The molecule has 1 heterocycles. The first-order valence-corrected chi connectivity index (χ1v) is 12.8. The third-order valence-electron chi connectivity index (χ3n) is 6.98. The van der Waals surface area contributed by atoms with E-state index in [4.69, 9.17) is 4.99 Å². The van der Waals surface area contributed by atoms with E-state index in [1.165, 1.54) is 19.3 Å². The Kier molecular flexibility index (Phi) is 7.86. The number of nitrogens with one attached hydrogen (secondary N) is 2. The van der Waals surface area contributed by atoms with Gasteiger partial charge in [-0.1, -0.05) is 56.5 Å². The number of carbonyl (C=O) groups excluding carboxylic acids is 2. The lowest BCUT2D eigenvalue weighted by molar-refractivity contribution is -0.131. The molecule has 1 aliphatic heterocycles. The van der Waals surface area contributed by atoms with Crippen LogP contribution in [0.1, 0.15) is 56.6 Å². The molecule has 2 N–H and O–H groups in total. The third kappa shape index (κ3) is 5.56. The van der Waals surface area contributed by atoms with Gasteiger partial charge in [0.05, 0.1) is 5.69 Å². The molecule has 1 saturated carbocycles. The second-order valence-electron chi connectivity index (χ2n) is 9.78. The maximum absolute atomic E-state index is 14.3. The number of amides is 3. The van der Waals surface area contributed by atoms with Gasteiger partial charge < -0.3 is 10.2 Å². The first kappa shape index (κ1) is 24.9. The lowest BCUT2D eigenvalue weighted by Gasteiger charge is -2.41. The zero-order valence-corrected chi connectivity index (χ0v) is 21.1. The van der Waals surface area contributed by atoms with Crippen molar-refractivity contribution in [2.45, 2.75) is 58.2 Å². The monoisotopic (exact) mass is 475 g/mol. The van der Waals surface area contributed by atoms with Crippen LogP contribution in [0.5, 0.6) is 0 Å². The Morgan fingerprint density at radius 2 is 1.91 bits per heavy atom. The Balaban J connectivity index is 1.69.